The number of aryl methyl sites for hydroxylation is 1. The zero-order valence-corrected chi connectivity index (χ0v) is 12.3. The van der Waals surface area contributed by atoms with E-state index in [9.17, 15) is 0 Å². The van der Waals surface area contributed by atoms with Crippen molar-refractivity contribution in [1.29, 1.82) is 0 Å². The molecule has 0 spiro atoms. The number of rotatable bonds is 2. The van der Waals surface area contributed by atoms with E-state index in [2.05, 4.69) is 25.5 Å². The number of benzene rings is 1. The van der Waals surface area contributed by atoms with E-state index in [1.54, 1.807) is 0 Å². The Morgan fingerprint density at radius 3 is 2.83 bits per heavy atom. The molecule has 1 aliphatic carbocycles. The van der Waals surface area contributed by atoms with Gasteiger partial charge in [0, 0.05) is 21.1 Å². The lowest BCUT2D eigenvalue weighted by Crippen LogP contribution is -2.02. The minimum absolute atomic E-state index is 0.532. The summed E-state index contributed by atoms with van der Waals surface area (Å²) in [5.41, 5.74) is 7.99. The van der Waals surface area contributed by atoms with Crippen molar-refractivity contribution in [2.75, 3.05) is 5.73 Å². The molecule has 0 aliphatic heterocycles. The number of imidazole rings is 1. The van der Waals surface area contributed by atoms with Crippen LogP contribution in [0.2, 0.25) is 5.02 Å². The van der Waals surface area contributed by atoms with E-state index in [1.807, 2.05) is 25.1 Å². The Hall–Kier alpha value is -1.00. The van der Waals surface area contributed by atoms with Gasteiger partial charge >= 0.3 is 0 Å². The predicted octanol–water partition coefficient (Wildman–Crippen LogP) is 4.19. The molecule has 1 heterocycles. The fourth-order valence-electron chi connectivity index (χ4n) is 2.23. The topological polar surface area (TPSA) is 43.8 Å². The molecule has 0 unspecified atom stereocenters. The number of nitrogen functional groups attached to an aromatic ring is 1. The van der Waals surface area contributed by atoms with Crippen LogP contribution in [0.15, 0.2) is 22.7 Å². The van der Waals surface area contributed by atoms with Crippen molar-refractivity contribution < 1.29 is 0 Å². The van der Waals surface area contributed by atoms with Gasteiger partial charge in [-0.3, -0.25) is 0 Å². The first-order valence-electron chi connectivity index (χ1n) is 5.87. The van der Waals surface area contributed by atoms with Gasteiger partial charge in [-0.2, -0.15) is 0 Å². The first-order valence-corrected chi connectivity index (χ1v) is 7.04. The molecule has 1 fully saturated rings. The third kappa shape index (κ3) is 1.93. The van der Waals surface area contributed by atoms with Crippen molar-refractivity contribution in [2.45, 2.75) is 25.8 Å². The minimum atomic E-state index is 0.532. The lowest BCUT2D eigenvalue weighted by molar-refractivity contribution is 0.720. The van der Waals surface area contributed by atoms with Crippen LogP contribution in [0, 0.1) is 6.92 Å². The van der Waals surface area contributed by atoms with E-state index in [0.717, 1.165) is 27.4 Å². The minimum Gasteiger partial charge on any atom is -0.383 e. The van der Waals surface area contributed by atoms with Gasteiger partial charge in [0.05, 0.1) is 0 Å². The number of nitrogens with zero attached hydrogens (tertiary/aromatic N) is 2. The summed E-state index contributed by atoms with van der Waals surface area (Å²) < 4.78 is 3.09. The molecule has 0 atom stereocenters. The lowest BCUT2D eigenvalue weighted by Gasteiger charge is -2.06. The number of halogens is 2. The SMILES string of the molecule is Cc1nc(-c2cc(Cl)ccc2Br)c(N)n1C1CC1. The third-order valence-corrected chi connectivity index (χ3v) is 4.15. The molecule has 1 aromatic heterocycles. The van der Waals surface area contributed by atoms with E-state index in [1.165, 1.54) is 12.8 Å². The number of hydrogen-bond donors (Lipinski definition) is 1. The molecule has 0 radical (unpaired) electrons. The smallest absolute Gasteiger partial charge is 0.132 e. The Morgan fingerprint density at radius 1 is 1.44 bits per heavy atom. The highest BCUT2D eigenvalue weighted by Gasteiger charge is 2.29. The fraction of sp³-hybridized carbons (Fsp3) is 0.308. The molecule has 18 heavy (non-hydrogen) atoms. The fourth-order valence-corrected chi connectivity index (χ4v) is 2.84. The largest absolute Gasteiger partial charge is 0.383 e. The molecule has 3 nitrogen and oxygen atoms in total. The van der Waals surface area contributed by atoms with Crippen LogP contribution in [-0.2, 0) is 0 Å². The van der Waals surface area contributed by atoms with E-state index >= 15 is 0 Å². The van der Waals surface area contributed by atoms with Crippen LogP contribution >= 0.6 is 27.5 Å². The van der Waals surface area contributed by atoms with Crippen LogP contribution in [-0.4, -0.2) is 9.55 Å². The summed E-state index contributed by atoms with van der Waals surface area (Å²) in [6, 6.07) is 6.18. The van der Waals surface area contributed by atoms with Gasteiger partial charge < -0.3 is 10.3 Å². The molecule has 2 N–H and O–H groups in total. The van der Waals surface area contributed by atoms with Crippen LogP contribution in [0.4, 0.5) is 5.82 Å². The maximum atomic E-state index is 6.23. The van der Waals surface area contributed by atoms with Crippen molar-refractivity contribution in [3.63, 3.8) is 0 Å². The average molecular weight is 327 g/mol. The first-order chi connectivity index (χ1) is 8.58. The van der Waals surface area contributed by atoms with Crippen LogP contribution in [0.25, 0.3) is 11.3 Å². The van der Waals surface area contributed by atoms with Gasteiger partial charge in [0.1, 0.15) is 17.3 Å². The molecule has 1 aromatic carbocycles. The summed E-state index contributed by atoms with van der Waals surface area (Å²) in [6.07, 6.45) is 2.38. The summed E-state index contributed by atoms with van der Waals surface area (Å²) in [4.78, 5) is 4.59. The molecular weight excluding hydrogens is 314 g/mol. The van der Waals surface area contributed by atoms with Gasteiger partial charge in [0.25, 0.3) is 0 Å². The molecule has 2 aromatic rings. The first kappa shape index (κ1) is 12.1. The van der Waals surface area contributed by atoms with Crippen molar-refractivity contribution >= 4 is 33.3 Å². The van der Waals surface area contributed by atoms with E-state index in [0.29, 0.717) is 11.1 Å². The molecule has 3 rings (SSSR count). The maximum Gasteiger partial charge on any atom is 0.132 e. The summed E-state index contributed by atoms with van der Waals surface area (Å²) in [5, 5.41) is 0.686. The third-order valence-electron chi connectivity index (χ3n) is 3.22. The van der Waals surface area contributed by atoms with Gasteiger partial charge in [0.2, 0.25) is 0 Å². The highest BCUT2D eigenvalue weighted by atomic mass is 79.9. The predicted molar refractivity (Wildman–Crippen MR) is 77.8 cm³/mol. The number of aromatic nitrogens is 2. The molecule has 94 valence electrons. The second kappa shape index (κ2) is 4.28. The molecule has 0 amide bonds. The molecule has 0 saturated heterocycles. The highest BCUT2D eigenvalue weighted by Crippen LogP contribution is 2.42. The molecule has 1 saturated carbocycles. The second-order valence-electron chi connectivity index (χ2n) is 4.62. The maximum absolute atomic E-state index is 6.23. The quantitative estimate of drug-likeness (QED) is 0.899. The van der Waals surface area contributed by atoms with Gasteiger partial charge in [-0.05, 0) is 38.0 Å². The Morgan fingerprint density at radius 2 is 2.17 bits per heavy atom. The van der Waals surface area contributed by atoms with Crippen LogP contribution in [0.5, 0.6) is 0 Å². The van der Waals surface area contributed by atoms with E-state index < -0.39 is 0 Å². The summed E-state index contributed by atoms with van der Waals surface area (Å²) in [6.45, 7) is 2.00. The Labute approximate surface area is 119 Å². The zero-order valence-electron chi connectivity index (χ0n) is 9.95. The number of hydrogen-bond acceptors (Lipinski definition) is 2. The summed E-state index contributed by atoms with van der Waals surface area (Å²) >= 11 is 9.57. The standard InChI is InChI=1S/C13H13BrClN3/c1-7-17-12(13(16)18(7)9-3-4-9)10-6-8(15)2-5-11(10)14/h2,5-6,9H,3-4,16H2,1H3. The van der Waals surface area contributed by atoms with Crippen LogP contribution < -0.4 is 5.73 Å². The highest BCUT2D eigenvalue weighted by molar-refractivity contribution is 9.10. The van der Waals surface area contributed by atoms with E-state index in [4.69, 9.17) is 17.3 Å². The van der Waals surface area contributed by atoms with Gasteiger partial charge in [-0.25, -0.2) is 4.98 Å². The Balaban J connectivity index is 2.17. The molecule has 0 bridgehead atoms. The van der Waals surface area contributed by atoms with Gasteiger partial charge in [-0.1, -0.05) is 27.5 Å². The summed E-state index contributed by atoms with van der Waals surface area (Å²) in [7, 11) is 0. The number of anilines is 1. The summed E-state index contributed by atoms with van der Waals surface area (Å²) in [5.74, 6) is 1.70. The van der Waals surface area contributed by atoms with Gasteiger partial charge in [0.15, 0.2) is 0 Å². The Kier molecular flexibility index (Phi) is 2.87. The lowest BCUT2D eigenvalue weighted by atomic mass is 10.1. The molecule has 5 heteroatoms. The molecular formula is C13H13BrClN3. The monoisotopic (exact) mass is 325 g/mol. The van der Waals surface area contributed by atoms with Crippen molar-refractivity contribution in [3.05, 3.63) is 33.5 Å². The molecule has 1 aliphatic rings. The van der Waals surface area contributed by atoms with Crippen molar-refractivity contribution in [1.82, 2.24) is 9.55 Å². The zero-order chi connectivity index (χ0) is 12.9. The van der Waals surface area contributed by atoms with E-state index in [-0.39, 0.29) is 0 Å². The van der Waals surface area contributed by atoms with Crippen molar-refractivity contribution in [2.24, 2.45) is 0 Å². The van der Waals surface area contributed by atoms with Crippen LogP contribution in [0.3, 0.4) is 0 Å². The second-order valence-corrected chi connectivity index (χ2v) is 5.91. The normalized spacial score (nSPS) is 15.1. The van der Waals surface area contributed by atoms with Crippen molar-refractivity contribution in [3.8, 4) is 11.3 Å². The Bertz CT molecular complexity index is 617. The van der Waals surface area contributed by atoms with Gasteiger partial charge in [-0.15, -0.1) is 0 Å². The average Bonchev–Trinajstić information content (AvgIpc) is 3.10. The van der Waals surface area contributed by atoms with Crippen LogP contribution in [0.1, 0.15) is 24.7 Å². The number of nitrogens with two attached hydrogens (primary N) is 1.